The molecular formula is C24H32N3O3+. The molecule has 6 heteroatoms. The molecule has 2 heterocycles. The predicted molar refractivity (Wildman–Crippen MR) is 119 cm³/mol. The summed E-state index contributed by atoms with van der Waals surface area (Å²) in [7, 11) is 3.37. The van der Waals surface area contributed by atoms with Crippen LogP contribution in [0, 0.1) is 0 Å². The highest BCUT2D eigenvalue weighted by Crippen LogP contribution is 2.31. The first-order valence-corrected chi connectivity index (χ1v) is 10.9. The Kier molecular flexibility index (Phi) is 6.43. The Morgan fingerprint density at radius 1 is 1.07 bits per heavy atom. The van der Waals surface area contributed by atoms with E-state index in [9.17, 15) is 4.79 Å². The zero-order valence-electron chi connectivity index (χ0n) is 17.9. The second-order valence-corrected chi connectivity index (χ2v) is 8.18. The van der Waals surface area contributed by atoms with Gasteiger partial charge in [0.2, 0.25) is 0 Å². The van der Waals surface area contributed by atoms with E-state index in [1.54, 1.807) is 14.2 Å². The van der Waals surface area contributed by atoms with Gasteiger partial charge in [-0.2, -0.15) is 0 Å². The molecule has 30 heavy (non-hydrogen) atoms. The Morgan fingerprint density at radius 3 is 2.53 bits per heavy atom. The van der Waals surface area contributed by atoms with Crippen molar-refractivity contribution in [3.63, 3.8) is 0 Å². The van der Waals surface area contributed by atoms with Crippen LogP contribution in [0.5, 0.6) is 11.5 Å². The fourth-order valence-electron chi connectivity index (χ4n) is 4.75. The molecule has 2 aromatic rings. The number of likely N-dealkylation sites (tertiary alicyclic amines) is 1. The molecule has 0 saturated carbocycles. The monoisotopic (exact) mass is 410 g/mol. The third-order valence-electron chi connectivity index (χ3n) is 6.31. The second-order valence-electron chi connectivity index (χ2n) is 8.18. The molecule has 2 fully saturated rings. The van der Waals surface area contributed by atoms with E-state index in [-0.39, 0.29) is 11.9 Å². The Morgan fingerprint density at radius 2 is 1.83 bits per heavy atom. The quantitative estimate of drug-likeness (QED) is 0.737. The van der Waals surface area contributed by atoms with E-state index in [4.69, 9.17) is 9.47 Å². The number of nitrogens with zero attached hydrogens (tertiary/aromatic N) is 1. The van der Waals surface area contributed by atoms with Crippen molar-refractivity contribution in [1.29, 1.82) is 0 Å². The number of rotatable bonds is 7. The zero-order chi connectivity index (χ0) is 20.9. The first-order chi connectivity index (χ1) is 14.7. The minimum Gasteiger partial charge on any atom is -0.497 e. The van der Waals surface area contributed by atoms with Crippen LogP contribution >= 0.6 is 0 Å². The molecule has 0 spiro atoms. The number of methoxy groups -OCH3 is 2. The number of quaternary nitrogens is 1. The Hall–Kier alpha value is -2.73. The standard InChI is InChI=1S/C24H31N3O3/c1-29-20-11-12-23(30-2)21(16-20)22-6-5-15-27(22)17-24(28)25-18-7-9-19(10-8-18)26-13-3-4-14-26/h7-12,16,22H,3-6,13-15,17H2,1-2H3,(H,25,28)/p+1/t22-/m0/s1. The largest absolute Gasteiger partial charge is 0.497 e. The van der Waals surface area contributed by atoms with Gasteiger partial charge in [0.1, 0.15) is 17.5 Å². The van der Waals surface area contributed by atoms with Gasteiger partial charge in [-0.1, -0.05) is 0 Å². The smallest absolute Gasteiger partial charge is 0.279 e. The number of carbonyl (C=O) groups excluding carboxylic acids is 1. The van der Waals surface area contributed by atoms with Gasteiger partial charge < -0.3 is 24.6 Å². The first kappa shape index (κ1) is 20.5. The third kappa shape index (κ3) is 4.54. The number of hydrogen-bond donors (Lipinski definition) is 2. The van der Waals surface area contributed by atoms with Crippen LogP contribution in [0.15, 0.2) is 42.5 Å². The van der Waals surface area contributed by atoms with E-state index < -0.39 is 0 Å². The molecule has 2 atom stereocenters. The van der Waals surface area contributed by atoms with Crippen LogP contribution in [-0.4, -0.2) is 46.3 Å². The van der Waals surface area contributed by atoms with Crippen LogP contribution < -0.4 is 24.6 Å². The number of anilines is 2. The van der Waals surface area contributed by atoms with Gasteiger partial charge in [-0.05, 0) is 55.3 Å². The highest BCUT2D eigenvalue weighted by molar-refractivity contribution is 5.91. The van der Waals surface area contributed by atoms with E-state index in [1.807, 2.05) is 30.3 Å². The molecule has 0 aliphatic carbocycles. The Balaban J connectivity index is 1.40. The predicted octanol–water partition coefficient (Wildman–Crippen LogP) is 2.66. The third-order valence-corrected chi connectivity index (χ3v) is 6.31. The summed E-state index contributed by atoms with van der Waals surface area (Å²) in [4.78, 5) is 16.4. The second kappa shape index (κ2) is 9.39. The molecule has 0 aromatic heterocycles. The molecule has 2 aromatic carbocycles. The Bertz CT molecular complexity index is 862. The SMILES string of the molecule is COc1ccc(OC)c([C@@H]2CCC[NH+]2CC(=O)Nc2ccc(N3CCCC3)cc2)c1. The molecule has 6 nitrogen and oxygen atoms in total. The summed E-state index contributed by atoms with van der Waals surface area (Å²) in [6, 6.07) is 14.4. The van der Waals surface area contributed by atoms with E-state index in [0.717, 1.165) is 55.2 Å². The van der Waals surface area contributed by atoms with Crippen LogP contribution in [0.4, 0.5) is 11.4 Å². The lowest BCUT2D eigenvalue weighted by molar-refractivity contribution is -0.910. The number of amides is 1. The van der Waals surface area contributed by atoms with Gasteiger partial charge in [-0.3, -0.25) is 4.79 Å². The van der Waals surface area contributed by atoms with Crippen LogP contribution in [0.3, 0.4) is 0 Å². The van der Waals surface area contributed by atoms with Gasteiger partial charge in [-0.15, -0.1) is 0 Å². The highest BCUT2D eigenvalue weighted by atomic mass is 16.5. The lowest BCUT2D eigenvalue weighted by Gasteiger charge is -2.23. The molecule has 2 aliphatic heterocycles. The number of benzene rings is 2. The normalized spacial score (nSPS) is 20.9. The number of carbonyl (C=O) groups is 1. The van der Waals surface area contributed by atoms with Crippen molar-refractivity contribution < 1.29 is 19.2 Å². The summed E-state index contributed by atoms with van der Waals surface area (Å²) in [5, 5.41) is 3.08. The molecule has 1 amide bonds. The van der Waals surface area contributed by atoms with E-state index in [2.05, 4.69) is 22.3 Å². The van der Waals surface area contributed by atoms with Crippen LogP contribution in [0.2, 0.25) is 0 Å². The van der Waals surface area contributed by atoms with Gasteiger partial charge in [0.25, 0.3) is 5.91 Å². The number of hydrogen-bond acceptors (Lipinski definition) is 4. The summed E-state index contributed by atoms with van der Waals surface area (Å²) in [5.41, 5.74) is 3.21. The van der Waals surface area contributed by atoms with E-state index in [1.165, 1.54) is 23.4 Å². The van der Waals surface area contributed by atoms with Crippen molar-refractivity contribution in [2.24, 2.45) is 0 Å². The van der Waals surface area contributed by atoms with Gasteiger partial charge in [0, 0.05) is 37.3 Å². The van der Waals surface area contributed by atoms with Gasteiger partial charge >= 0.3 is 0 Å². The fraction of sp³-hybridized carbons (Fsp3) is 0.458. The van der Waals surface area contributed by atoms with E-state index in [0.29, 0.717) is 6.54 Å². The van der Waals surface area contributed by atoms with Crippen LogP contribution in [-0.2, 0) is 4.79 Å². The van der Waals surface area contributed by atoms with Gasteiger partial charge in [0.05, 0.1) is 26.3 Å². The average molecular weight is 411 g/mol. The Labute approximate surface area is 178 Å². The summed E-state index contributed by atoms with van der Waals surface area (Å²) < 4.78 is 11.0. The van der Waals surface area contributed by atoms with Crippen molar-refractivity contribution in [1.82, 2.24) is 0 Å². The number of ether oxygens (including phenoxy) is 2. The molecule has 2 saturated heterocycles. The maximum Gasteiger partial charge on any atom is 0.279 e. The average Bonchev–Trinajstić information content (AvgIpc) is 3.46. The molecule has 2 aliphatic rings. The minimum atomic E-state index is 0.0488. The van der Waals surface area contributed by atoms with E-state index >= 15 is 0 Å². The van der Waals surface area contributed by atoms with Crippen LogP contribution in [0.25, 0.3) is 0 Å². The zero-order valence-corrected chi connectivity index (χ0v) is 17.9. The van der Waals surface area contributed by atoms with Crippen molar-refractivity contribution in [3.8, 4) is 11.5 Å². The molecule has 2 N–H and O–H groups in total. The van der Waals surface area contributed by atoms with Gasteiger partial charge in [-0.25, -0.2) is 0 Å². The molecule has 1 unspecified atom stereocenters. The van der Waals surface area contributed by atoms with Crippen molar-refractivity contribution in [2.75, 3.05) is 50.6 Å². The molecule has 0 bridgehead atoms. The van der Waals surface area contributed by atoms with Crippen molar-refractivity contribution in [2.45, 2.75) is 31.7 Å². The highest BCUT2D eigenvalue weighted by Gasteiger charge is 2.34. The molecular weight excluding hydrogens is 378 g/mol. The first-order valence-electron chi connectivity index (χ1n) is 10.9. The summed E-state index contributed by atoms with van der Waals surface area (Å²) >= 11 is 0. The molecule has 160 valence electrons. The summed E-state index contributed by atoms with van der Waals surface area (Å²) in [6.07, 6.45) is 4.65. The minimum absolute atomic E-state index is 0.0488. The molecule has 0 radical (unpaired) electrons. The molecule has 4 rings (SSSR count). The van der Waals surface area contributed by atoms with Crippen molar-refractivity contribution >= 4 is 17.3 Å². The van der Waals surface area contributed by atoms with Gasteiger partial charge in [0.15, 0.2) is 6.54 Å². The summed E-state index contributed by atoms with van der Waals surface area (Å²) in [6.45, 7) is 3.67. The topological polar surface area (TPSA) is 55.2 Å². The van der Waals surface area contributed by atoms with Crippen LogP contribution in [0.1, 0.15) is 37.3 Å². The van der Waals surface area contributed by atoms with Crippen molar-refractivity contribution in [3.05, 3.63) is 48.0 Å². The summed E-state index contributed by atoms with van der Waals surface area (Å²) in [5.74, 6) is 1.73. The lowest BCUT2D eigenvalue weighted by atomic mass is 10.0. The fourth-order valence-corrected chi connectivity index (χ4v) is 4.75. The number of nitrogens with one attached hydrogen (secondary N) is 2. The lowest BCUT2D eigenvalue weighted by Crippen LogP contribution is -3.11. The maximum absolute atomic E-state index is 12.8. The maximum atomic E-state index is 12.8.